The first-order chi connectivity index (χ1) is 14.9. The molecule has 3 aromatic rings. The molecule has 3 aromatic carbocycles. The van der Waals surface area contributed by atoms with Crippen LogP contribution in [0.2, 0.25) is 5.02 Å². The molecule has 0 aliphatic rings. The first-order valence-corrected chi connectivity index (χ1v) is 10.2. The maximum Gasteiger partial charge on any atom is 0.266 e. The van der Waals surface area contributed by atoms with Gasteiger partial charge in [-0.25, -0.2) is 0 Å². The summed E-state index contributed by atoms with van der Waals surface area (Å²) in [7, 11) is 1.62. The molecule has 3 rings (SSSR count). The number of carbonyl (C=O) groups is 1. The van der Waals surface area contributed by atoms with Gasteiger partial charge in [0.25, 0.3) is 5.91 Å². The molecular weight excluding hydrogens is 408 g/mol. The Morgan fingerprint density at radius 3 is 2.35 bits per heavy atom. The number of anilines is 1. The summed E-state index contributed by atoms with van der Waals surface area (Å²) in [5.74, 6) is 0.249. The van der Waals surface area contributed by atoms with Crippen LogP contribution < -0.4 is 10.1 Å². The molecule has 0 heterocycles. The third-order valence-corrected chi connectivity index (χ3v) is 5.05. The van der Waals surface area contributed by atoms with Gasteiger partial charge < -0.3 is 10.1 Å². The third-order valence-electron chi connectivity index (χ3n) is 4.79. The van der Waals surface area contributed by atoms with Crippen LogP contribution in [-0.4, -0.2) is 13.0 Å². The van der Waals surface area contributed by atoms with E-state index in [-0.39, 0.29) is 5.57 Å². The van der Waals surface area contributed by atoms with Crippen LogP contribution in [0.3, 0.4) is 0 Å². The van der Waals surface area contributed by atoms with Gasteiger partial charge in [-0.3, -0.25) is 4.79 Å². The molecule has 0 saturated carbocycles. The fourth-order valence-corrected chi connectivity index (χ4v) is 3.56. The molecule has 1 amide bonds. The second-order valence-electron chi connectivity index (χ2n) is 7.37. The predicted molar refractivity (Wildman–Crippen MR) is 125 cm³/mol. The SMILES string of the molecule is COc1ccc(/C=C(\C#N)C(=O)Nc2ccc(Cl)cc2)c(Cc2cc(C)cc(C)c2)c1. The van der Waals surface area contributed by atoms with Crippen LogP contribution in [0, 0.1) is 25.2 Å². The van der Waals surface area contributed by atoms with E-state index in [1.54, 1.807) is 37.5 Å². The summed E-state index contributed by atoms with van der Waals surface area (Å²) in [4.78, 5) is 12.7. The molecule has 0 aliphatic carbocycles. The lowest BCUT2D eigenvalue weighted by Gasteiger charge is -2.11. The zero-order valence-corrected chi connectivity index (χ0v) is 18.5. The van der Waals surface area contributed by atoms with Gasteiger partial charge in [-0.05, 0) is 79.4 Å². The lowest BCUT2D eigenvalue weighted by atomic mass is 9.96. The Bertz CT molecular complexity index is 1150. The van der Waals surface area contributed by atoms with Crippen LogP contribution in [0.4, 0.5) is 5.69 Å². The van der Waals surface area contributed by atoms with E-state index >= 15 is 0 Å². The van der Waals surface area contributed by atoms with Crippen LogP contribution >= 0.6 is 11.6 Å². The van der Waals surface area contributed by atoms with Crippen LogP contribution in [-0.2, 0) is 11.2 Å². The molecule has 0 spiro atoms. The summed E-state index contributed by atoms with van der Waals surface area (Å²) in [5.41, 5.74) is 5.89. The van der Waals surface area contributed by atoms with E-state index < -0.39 is 5.91 Å². The van der Waals surface area contributed by atoms with Crippen LogP contribution in [0.25, 0.3) is 6.08 Å². The van der Waals surface area contributed by atoms with Gasteiger partial charge in [0, 0.05) is 10.7 Å². The number of methoxy groups -OCH3 is 1. The number of nitrogens with zero attached hydrogens (tertiary/aromatic N) is 1. The summed E-state index contributed by atoms with van der Waals surface area (Å²) in [5, 5.41) is 12.9. The van der Waals surface area contributed by atoms with E-state index in [0.29, 0.717) is 17.1 Å². The van der Waals surface area contributed by atoms with Gasteiger partial charge in [0.2, 0.25) is 0 Å². The van der Waals surface area contributed by atoms with Crippen molar-refractivity contribution < 1.29 is 9.53 Å². The minimum absolute atomic E-state index is 0.0155. The number of nitrogens with one attached hydrogen (secondary N) is 1. The molecule has 156 valence electrons. The summed E-state index contributed by atoms with van der Waals surface area (Å²) >= 11 is 5.89. The zero-order chi connectivity index (χ0) is 22.4. The monoisotopic (exact) mass is 430 g/mol. The number of halogens is 1. The Labute approximate surface area is 187 Å². The summed E-state index contributed by atoms with van der Waals surface area (Å²) < 4.78 is 5.39. The third kappa shape index (κ3) is 5.97. The average molecular weight is 431 g/mol. The largest absolute Gasteiger partial charge is 0.497 e. The molecule has 4 nitrogen and oxygen atoms in total. The molecule has 0 atom stereocenters. The molecule has 0 aliphatic heterocycles. The number of nitriles is 1. The summed E-state index contributed by atoms with van der Waals surface area (Å²) in [6.45, 7) is 4.13. The standard InChI is InChI=1S/C26H23ClN2O2/c1-17-10-18(2)12-19(11-17)13-21-15-25(31-3)9-4-20(21)14-22(16-28)26(30)29-24-7-5-23(27)6-8-24/h4-12,14-15H,13H2,1-3H3,(H,29,30)/b22-14+. The van der Waals surface area contributed by atoms with E-state index in [9.17, 15) is 10.1 Å². The van der Waals surface area contributed by atoms with E-state index in [1.807, 2.05) is 24.3 Å². The van der Waals surface area contributed by atoms with Gasteiger partial charge in [0.15, 0.2) is 0 Å². The van der Waals surface area contributed by atoms with Gasteiger partial charge in [-0.1, -0.05) is 47.0 Å². The van der Waals surface area contributed by atoms with Crippen molar-refractivity contribution in [2.75, 3.05) is 12.4 Å². The van der Waals surface area contributed by atoms with Crippen LogP contribution in [0.5, 0.6) is 5.75 Å². The molecule has 0 saturated heterocycles. The Kier molecular flexibility index (Phi) is 7.12. The topological polar surface area (TPSA) is 62.1 Å². The fraction of sp³-hybridized carbons (Fsp3) is 0.154. The van der Waals surface area contributed by atoms with Crippen molar-refractivity contribution in [3.05, 3.63) is 99.1 Å². The number of aryl methyl sites for hydroxylation is 2. The Balaban J connectivity index is 1.93. The van der Waals surface area contributed by atoms with Crippen molar-refractivity contribution in [1.82, 2.24) is 0 Å². The summed E-state index contributed by atoms with van der Waals surface area (Å²) in [6, 6.07) is 20.8. The van der Waals surface area contributed by atoms with Crippen LogP contribution in [0.1, 0.15) is 27.8 Å². The van der Waals surface area contributed by atoms with Crippen molar-refractivity contribution in [3.63, 3.8) is 0 Å². The van der Waals surface area contributed by atoms with E-state index in [1.165, 1.54) is 11.1 Å². The highest BCUT2D eigenvalue weighted by Crippen LogP contribution is 2.24. The highest BCUT2D eigenvalue weighted by molar-refractivity contribution is 6.30. The minimum atomic E-state index is -0.474. The normalized spacial score (nSPS) is 11.0. The Morgan fingerprint density at radius 1 is 1.06 bits per heavy atom. The van der Waals surface area contributed by atoms with E-state index in [0.717, 1.165) is 22.4 Å². The first kappa shape index (κ1) is 22.1. The molecule has 5 heteroatoms. The predicted octanol–water partition coefficient (Wildman–Crippen LogP) is 6.10. The molecule has 0 unspecified atom stereocenters. The van der Waals surface area contributed by atoms with Crippen molar-refractivity contribution >= 4 is 29.3 Å². The second-order valence-corrected chi connectivity index (χ2v) is 7.80. The zero-order valence-electron chi connectivity index (χ0n) is 17.7. The minimum Gasteiger partial charge on any atom is -0.497 e. The number of rotatable bonds is 6. The van der Waals surface area contributed by atoms with Gasteiger partial charge >= 0.3 is 0 Å². The highest BCUT2D eigenvalue weighted by Gasteiger charge is 2.12. The van der Waals surface area contributed by atoms with Gasteiger partial charge in [-0.2, -0.15) is 5.26 Å². The first-order valence-electron chi connectivity index (χ1n) is 9.80. The quantitative estimate of drug-likeness (QED) is 0.379. The molecule has 1 N–H and O–H groups in total. The fourth-order valence-electron chi connectivity index (χ4n) is 3.43. The molecular formula is C26H23ClN2O2. The highest BCUT2D eigenvalue weighted by atomic mass is 35.5. The van der Waals surface area contributed by atoms with Gasteiger partial charge in [0.05, 0.1) is 7.11 Å². The molecule has 0 radical (unpaired) electrons. The smallest absolute Gasteiger partial charge is 0.266 e. The van der Waals surface area contributed by atoms with E-state index in [4.69, 9.17) is 16.3 Å². The number of ether oxygens (including phenoxy) is 1. The maximum atomic E-state index is 12.7. The average Bonchev–Trinajstić information content (AvgIpc) is 2.73. The molecule has 0 aromatic heterocycles. The number of hydrogen-bond acceptors (Lipinski definition) is 3. The van der Waals surface area contributed by atoms with Crippen molar-refractivity contribution in [3.8, 4) is 11.8 Å². The van der Waals surface area contributed by atoms with Crippen molar-refractivity contribution in [2.24, 2.45) is 0 Å². The number of hydrogen-bond donors (Lipinski definition) is 1. The summed E-state index contributed by atoms with van der Waals surface area (Å²) in [6.07, 6.45) is 2.27. The Morgan fingerprint density at radius 2 is 1.74 bits per heavy atom. The van der Waals surface area contributed by atoms with Crippen molar-refractivity contribution in [2.45, 2.75) is 20.3 Å². The molecule has 31 heavy (non-hydrogen) atoms. The van der Waals surface area contributed by atoms with Gasteiger partial charge in [-0.15, -0.1) is 0 Å². The number of benzene rings is 3. The number of amides is 1. The second kappa shape index (κ2) is 9.97. The maximum absolute atomic E-state index is 12.7. The number of carbonyl (C=O) groups excluding carboxylic acids is 1. The molecule has 0 fully saturated rings. The van der Waals surface area contributed by atoms with E-state index in [2.05, 4.69) is 37.4 Å². The Hall–Kier alpha value is -3.55. The van der Waals surface area contributed by atoms with Crippen LogP contribution in [0.15, 0.2) is 66.2 Å². The van der Waals surface area contributed by atoms with Crippen molar-refractivity contribution in [1.29, 1.82) is 5.26 Å². The lowest BCUT2D eigenvalue weighted by Crippen LogP contribution is -2.13. The molecule has 0 bridgehead atoms. The van der Waals surface area contributed by atoms with Gasteiger partial charge in [0.1, 0.15) is 17.4 Å². The lowest BCUT2D eigenvalue weighted by molar-refractivity contribution is -0.112.